The van der Waals surface area contributed by atoms with Gasteiger partial charge in [0.25, 0.3) is 0 Å². The second-order valence-electron chi connectivity index (χ2n) is 12.2. The van der Waals surface area contributed by atoms with Gasteiger partial charge in [-0.1, -0.05) is 83.5 Å². The van der Waals surface area contributed by atoms with Gasteiger partial charge in [0.2, 0.25) is 17.7 Å². The van der Waals surface area contributed by atoms with Crippen LogP contribution in [0.3, 0.4) is 0 Å². The molecule has 0 aromatic carbocycles. The van der Waals surface area contributed by atoms with Crippen molar-refractivity contribution in [3.05, 3.63) is 0 Å². The molecule has 3 aliphatic carbocycles. The normalized spacial score (nSPS) is 18.1. The van der Waals surface area contributed by atoms with Gasteiger partial charge in [0.05, 0.1) is 0 Å². The van der Waals surface area contributed by atoms with E-state index in [9.17, 15) is 14.4 Å². The Balaban J connectivity index is 0.000000530. The zero-order valence-corrected chi connectivity index (χ0v) is 26.2. The van der Waals surface area contributed by atoms with Crippen LogP contribution in [-0.4, -0.2) is 36.9 Å². The molecule has 242 valence electrons. The summed E-state index contributed by atoms with van der Waals surface area (Å²) in [4.78, 5) is 31.7. The molecule has 3 fully saturated rings. The number of rotatable bonds is 13. The van der Waals surface area contributed by atoms with Gasteiger partial charge in [0.15, 0.2) is 0 Å². The largest absolute Gasteiger partial charge is 0.369 e. The quantitative estimate of drug-likeness (QED) is 0.172. The molecule has 9 nitrogen and oxygen atoms in total. The van der Waals surface area contributed by atoms with E-state index >= 15 is 0 Å². The van der Waals surface area contributed by atoms with Crippen molar-refractivity contribution in [1.29, 1.82) is 0 Å². The summed E-state index contributed by atoms with van der Waals surface area (Å²) in [6, 6.07) is 0.394. The van der Waals surface area contributed by atoms with Crippen LogP contribution in [0.1, 0.15) is 148 Å². The first-order valence-corrected chi connectivity index (χ1v) is 16.8. The minimum atomic E-state index is -0.102. The van der Waals surface area contributed by atoms with E-state index in [1.165, 1.54) is 83.5 Å². The Labute approximate surface area is 251 Å². The number of carbonyl (C=O) groups is 3. The molecule has 0 saturated heterocycles. The molecule has 0 heterocycles. The first-order chi connectivity index (χ1) is 19.7. The van der Waals surface area contributed by atoms with Crippen molar-refractivity contribution in [1.82, 2.24) is 0 Å². The maximum absolute atomic E-state index is 10.6. The van der Waals surface area contributed by atoms with Crippen molar-refractivity contribution in [2.45, 2.75) is 154 Å². The molecule has 0 aromatic rings. The van der Waals surface area contributed by atoms with E-state index in [1.807, 2.05) is 0 Å². The molecule has 3 saturated carbocycles. The van der Waals surface area contributed by atoms with Crippen molar-refractivity contribution in [3.8, 4) is 0 Å². The first-order valence-electron chi connectivity index (χ1n) is 16.8. The Morgan fingerprint density at radius 3 is 0.927 bits per heavy atom. The number of primary amides is 3. The third-order valence-electron chi connectivity index (χ3n) is 8.58. The van der Waals surface area contributed by atoms with Gasteiger partial charge in [-0.2, -0.15) is 0 Å². The zero-order valence-electron chi connectivity index (χ0n) is 26.2. The van der Waals surface area contributed by atoms with Gasteiger partial charge in [-0.3, -0.25) is 14.4 Å². The first kappa shape index (κ1) is 39.3. The van der Waals surface area contributed by atoms with E-state index in [1.54, 1.807) is 0 Å². The van der Waals surface area contributed by atoms with Crippen LogP contribution < -0.4 is 34.4 Å². The molecule has 3 aliphatic rings. The minimum absolute atomic E-state index is 0.102. The summed E-state index contributed by atoms with van der Waals surface area (Å²) < 4.78 is 0. The van der Waals surface area contributed by atoms with Gasteiger partial charge < -0.3 is 34.4 Å². The van der Waals surface area contributed by atoms with Crippen LogP contribution in [0.15, 0.2) is 0 Å². The predicted octanol–water partition coefficient (Wildman–Crippen LogP) is 4.51. The average molecular weight is 583 g/mol. The second-order valence-corrected chi connectivity index (χ2v) is 12.2. The number of hydrogen-bond donors (Lipinski definition) is 6. The van der Waals surface area contributed by atoms with Gasteiger partial charge >= 0.3 is 0 Å². The highest BCUT2D eigenvalue weighted by atomic mass is 16.2. The molecule has 0 unspecified atom stereocenters. The Kier molecular flexibility index (Phi) is 26.0. The standard InChI is InChI=1S/C11H27N3.3C7H13NO/c12-9-5-1-3-7-11(14)8-4-2-6-10-13;3*8-7(9)6-4-2-1-3-5-6/h11H,1-10,12-14H2;3*6H,1-5H2,(H2,8,9). The lowest BCUT2D eigenvalue weighted by molar-refractivity contribution is -0.123. The molecule has 0 radical (unpaired) electrons. The summed E-state index contributed by atoms with van der Waals surface area (Å²) in [5.41, 5.74) is 32.2. The molecule has 41 heavy (non-hydrogen) atoms. The summed E-state index contributed by atoms with van der Waals surface area (Å²) >= 11 is 0. The van der Waals surface area contributed by atoms with E-state index in [4.69, 9.17) is 34.4 Å². The summed E-state index contributed by atoms with van der Waals surface area (Å²) in [7, 11) is 0. The summed E-state index contributed by atoms with van der Waals surface area (Å²) in [6.07, 6.45) is 26.6. The van der Waals surface area contributed by atoms with Crippen LogP contribution in [0.4, 0.5) is 0 Å². The van der Waals surface area contributed by atoms with Gasteiger partial charge in [-0.05, 0) is 77.3 Å². The fraction of sp³-hybridized carbons (Fsp3) is 0.906. The second kappa shape index (κ2) is 27.1. The van der Waals surface area contributed by atoms with E-state index < -0.39 is 0 Å². The number of nitrogens with two attached hydrogens (primary N) is 6. The molecule has 3 rings (SSSR count). The van der Waals surface area contributed by atoms with Crippen LogP contribution in [0.25, 0.3) is 0 Å². The van der Waals surface area contributed by atoms with Crippen LogP contribution in [-0.2, 0) is 14.4 Å². The lowest BCUT2D eigenvalue weighted by Crippen LogP contribution is -2.24. The van der Waals surface area contributed by atoms with Crippen LogP contribution in [0.5, 0.6) is 0 Å². The molecule has 0 bridgehead atoms. The lowest BCUT2D eigenvalue weighted by atomic mass is 9.89. The zero-order chi connectivity index (χ0) is 30.7. The Morgan fingerprint density at radius 1 is 0.463 bits per heavy atom. The fourth-order valence-electron chi connectivity index (χ4n) is 5.76. The Bertz CT molecular complexity index is 567. The molecular weight excluding hydrogens is 516 g/mol. The van der Waals surface area contributed by atoms with Crippen molar-refractivity contribution in [2.24, 2.45) is 52.2 Å². The molecule has 0 aromatic heterocycles. The van der Waals surface area contributed by atoms with E-state index in [0.29, 0.717) is 6.04 Å². The maximum atomic E-state index is 10.6. The molecule has 12 N–H and O–H groups in total. The summed E-state index contributed by atoms with van der Waals surface area (Å²) in [5.74, 6) is 0.273. The highest BCUT2D eigenvalue weighted by Gasteiger charge is 2.19. The van der Waals surface area contributed by atoms with E-state index in [-0.39, 0.29) is 35.5 Å². The van der Waals surface area contributed by atoms with Crippen LogP contribution in [0, 0.1) is 17.8 Å². The van der Waals surface area contributed by atoms with Gasteiger partial charge in [-0.25, -0.2) is 0 Å². The molecule has 0 atom stereocenters. The Hall–Kier alpha value is -1.71. The van der Waals surface area contributed by atoms with E-state index in [2.05, 4.69) is 0 Å². The van der Waals surface area contributed by atoms with Crippen LogP contribution >= 0.6 is 0 Å². The molecule has 0 aliphatic heterocycles. The highest BCUT2D eigenvalue weighted by Crippen LogP contribution is 2.24. The van der Waals surface area contributed by atoms with Gasteiger partial charge in [-0.15, -0.1) is 0 Å². The monoisotopic (exact) mass is 583 g/mol. The summed E-state index contributed by atoms with van der Waals surface area (Å²) in [5, 5.41) is 0. The van der Waals surface area contributed by atoms with Gasteiger partial charge in [0, 0.05) is 23.8 Å². The van der Waals surface area contributed by atoms with E-state index in [0.717, 1.165) is 77.3 Å². The minimum Gasteiger partial charge on any atom is -0.369 e. The summed E-state index contributed by atoms with van der Waals surface area (Å²) in [6.45, 7) is 1.62. The van der Waals surface area contributed by atoms with Crippen LogP contribution in [0.2, 0.25) is 0 Å². The number of unbranched alkanes of at least 4 members (excludes halogenated alkanes) is 4. The molecular formula is C32H66N6O3. The number of amides is 3. The van der Waals surface area contributed by atoms with Crippen molar-refractivity contribution in [2.75, 3.05) is 13.1 Å². The van der Waals surface area contributed by atoms with Crippen molar-refractivity contribution in [3.63, 3.8) is 0 Å². The third-order valence-corrected chi connectivity index (χ3v) is 8.58. The highest BCUT2D eigenvalue weighted by molar-refractivity contribution is 5.77. The average Bonchev–Trinajstić information content (AvgIpc) is 3.00. The number of carbonyl (C=O) groups excluding carboxylic acids is 3. The number of hydrogen-bond acceptors (Lipinski definition) is 6. The SMILES string of the molecule is NC(=O)C1CCCCC1.NC(=O)C1CCCCC1.NC(=O)C1CCCCC1.NCCCCCC(N)CCCCCN. The lowest BCUT2D eigenvalue weighted by Gasteiger charge is -2.17. The third kappa shape index (κ3) is 23.5. The maximum Gasteiger partial charge on any atom is 0.220 e. The van der Waals surface area contributed by atoms with Gasteiger partial charge in [0.1, 0.15) is 0 Å². The van der Waals surface area contributed by atoms with Crippen molar-refractivity contribution < 1.29 is 14.4 Å². The molecule has 0 spiro atoms. The molecule has 3 amide bonds. The smallest absolute Gasteiger partial charge is 0.220 e. The fourth-order valence-corrected chi connectivity index (χ4v) is 5.76. The predicted molar refractivity (Wildman–Crippen MR) is 170 cm³/mol. The van der Waals surface area contributed by atoms with Crippen molar-refractivity contribution >= 4 is 17.7 Å². The Morgan fingerprint density at radius 2 is 0.732 bits per heavy atom. The molecule has 9 heteroatoms. The topological polar surface area (TPSA) is 207 Å².